The maximum absolute atomic E-state index is 12.6. The molecule has 4 nitrogen and oxygen atoms in total. The van der Waals surface area contributed by atoms with E-state index in [1.165, 1.54) is 0 Å². The summed E-state index contributed by atoms with van der Waals surface area (Å²) in [5, 5.41) is 12.2. The highest BCUT2D eigenvalue weighted by molar-refractivity contribution is 6.30. The SMILES string of the molecule is N#Cc1ccc(Cl)cc1Nc1ncc(F)cn1. The summed E-state index contributed by atoms with van der Waals surface area (Å²) >= 11 is 5.82. The minimum atomic E-state index is -0.526. The average Bonchev–Trinajstić information content (AvgIpc) is 2.32. The van der Waals surface area contributed by atoms with E-state index in [0.717, 1.165) is 12.4 Å². The zero-order chi connectivity index (χ0) is 12.3. The van der Waals surface area contributed by atoms with Gasteiger partial charge in [0.1, 0.15) is 6.07 Å². The lowest BCUT2D eigenvalue weighted by Crippen LogP contribution is -1.99. The minimum absolute atomic E-state index is 0.199. The van der Waals surface area contributed by atoms with Crippen molar-refractivity contribution in [3.63, 3.8) is 0 Å². The number of halogens is 2. The number of benzene rings is 1. The molecule has 0 bridgehead atoms. The predicted octanol–water partition coefficient (Wildman–Crippen LogP) is 2.88. The Kier molecular flexibility index (Phi) is 3.17. The molecule has 0 unspecified atom stereocenters. The van der Waals surface area contributed by atoms with Crippen LogP contribution in [0.25, 0.3) is 0 Å². The number of anilines is 2. The van der Waals surface area contributed by atoms with Crippen molar-refractivity contribution in [1.82, 2.24) is 9.97 Å². The molecule has 0 atom stereocenters. The Morgan fingerprint density at radius 3 is 2.65 bits per heavy atom. The van der Waals surface area contributed by atoms with Crippen LogP contribution < -0.4 is 5.32 Å². The number of aromatic nitrogens is 2. The molecule has 0 saturated heterocycles. The van der Waals surface area contributed by atoms with Gasteiger partial charge in [-0.2, -0.15) is 5.26 Å². The standard InChI is InChI=1S/C11H6ClFN4/c12-8-2-1-7(4-14)10(3-8)17-11-15-5-9(13)6-16-11/h1-3,5-6H,(H,15,16,17). The third-order valence-corrected chi connectivity index (χ3v) is 2.20. The van der Waals surface area contributed by atoms with Crippen LogP contribution in [0, 0.1) is 17.1 Å². The van der Waals surface area contributed by atoms with Crippen molar-refractivity contribution in [3.8, 4) is 6.07 Å². The molecule has 1 aromatic carbocycles. The molecule has 2 rings (SSSR count). The molecule has 0 spiro atoms. The van der Waals surface area contributed by atoms with Crippen LogP contribution in [-0.4, -0.2) is 9.97 Å². The van der Waals surface area contributed by atoms with Crippen molar-refractivity contribution in [2.45, 2.75) is 0 Å². The van der Waals surface area contributed by atoms with Gasteiger partial charge < -0.3 is 5.32 Å². The number of hydrogen-bond donors (Lipinski definition) is 1. The lowest BCUT2D eigenvalue weighted by molar-refractivity contribution is 0.614. The molecule has 1 N–H and O–H groups in total. The zero-order valence-corrected chi connectivity index (χ0v) is 9.24. The smallest absolute Gasteiger partial charge is 0.227 e. The molecular formula is C11H6ClFN4. The summed E-state index contributed by atoms with van der Waals surface area (Å²) in [7, 11) is 0. The van der Waals surface area contributed by atoms with Gasteiger partial charge in [0.2, 0.25) is 5.95 Å². The van der Waals surface area contributed by atoms with Crippen LogP contribution in [-0.2, 0) is 0 Å². The van der Waals surface area contributed by atoms with Crippen LogP contribution in [0.1, 0.15) is 5.56 Å². The topological polar surface area (TPSA) is 61.6 Å². The molecule has 0 aliphatic carbocycles. The first-order chi connectivity index (χ1) is 8.19. The molecule has 0 amide bonds. The van der Waals surface area contributed by atoms with Crippen LogP contribution in [0.2, 0.25) is 5.02 Å². The highest BCUT2D eigenvalue weighted by Gasteiger charge is 2.05. The maximum atomic E-state index is 12.6. The van der Waals surface area contributed by atoms with Gasteiger partial charge in [-0.25, -0.2) is 14.4 Å². The number of nitriles is 1. The summed E-state index contributed by atoms with van der Waals surface area (Å²) in [5.41, 5.74) is 0.883. The molecule has 2 aromatic rings. The predicted molar refractivity (Wildman–Crippen MR) is 61.4 cm³/mol. The van der Waals surface area contributed by atoms with E-state index in [0.29, 0.717) is 16.3 Å². The van der Waals surface area contributed by atoms with E-state index in [2.05, 4.69) is 15.3 Å². The minimum Gasteiger partial charge on any atom is -0.323 e. The second kappa shape index (κ2) is 4.76. The van der Waals surface area contributed by atoms with Gasteiger partial charge in [0.05, 0.1) is 23.6 Å². The molecular weight excluding hydrogens is 243 g/mol. The van der Waals surface area contributed by atoms with E-state index < -0.39 is 5.82 Å². The number of nitrogens with one attached hydrogen (secondary N) is 1. The van der Waals surface area contributed by atoms with Gasteiger partial charge >= 0.3 is 0 Å². The summed E-state index contributed by atoms with van der Waals surface area (Å²) in [6.07, 6.45) is 2.07. The molecule has 0 aliphatic rings. The fraction of sp³-hybridized carbons (Fsp3) is 0. The van der Waals surface area contributed by atoms with Gasteiger partial charge in [0.15, 0.2) is 5.82 Å². The molecule has 17 heavy (non-hydrogen) atoms. The van der Waals surface area contributed by atoms with Crippen molar-refractivity contribution in [3.05, 3.63) is 47.0 Å². The number of nitrogens with zero attached hydrogens (tertiary/aromatic N) is 3. The van der Waals surface area contributed by atoms with E-state index in [4.69, 9.17) is 16.9 Å². The normalized spacial score (nSPS) is 9.71. The van der Waals surface area contributed by atoms with Crippen LogP contribution >= 0.6 is 11.6 Å². The molecule has 6 heteroatoms. The quantitative estimate of drug-likeness (QED) is 0.888. The van der Waals surface area contributed by atoms with Crippen molar-refractivity contribution in [2.24, 2.45) is 0 Å². The molecule has 0 saturated carbocycles. The van der Waals surface area contributed by atoms with Crippen molar-refractivity contribution >= 4 is 23.2 Å². The van der Waals surface area contributed by atoms with Crippen LogP contribution in [0.15, 0.2) is 30.6 Å². The highest BCUT2D eigenvalue weighted by Crippen LogP contribution is 2.22. The van der Waals surface area contributed by atoms with Crippen LogP contribution in [0.4, 0.5) is 16.0 Å². The van der Waals surface area contributed by atoms with Gasteiger partial charge in [0, 0.05) is 5.02 Å². The fourth-order valence-electron chi connectivity index (χ4n) is 1.21. The molecule has 0 aliphatic heterocycles. The molecule has 1 aromatic heterocycles. The van der Waals surface area contributed by atoms with E-state index in [1.54, 1.807) is 18.2 Å². The summed E-state index contributed by atoms with van der Waals surface area (Å²) in [6, 6.07) is 6.77. The second-order valence-electron chi connectivity index (χ2n) is 3.15. The van der Waals surface area contributed by atoms with E-state index in [-0.39, 0.29) is 5.95 Å². The Bertz CT molecular complexity index is 577. The van der Waals surface area contributed by atoms with E-state index >= 15 is 0 Å². The molecule has 84 valence electrons. The largest absolute Gasteiger partial charge is 0.323 e. The Hall–Kier alpha value is -2.19. The average molecular weight is 249 g/mol. The third-order valence-electron chi connectivity index (χ3n) is 1.97. The third kappa shape index (κ3) is 2.68. The van der Waals surface area contributed by atoms with Crippen molar-refractivity contribution in [2.75, 3.05) is 5.32 Å². The second-order valence-corrected chi connectivity index (χ2v) is 3.59. The van der Waals surface area contributed by atoms with Crippen molar-refractivity contribution < 1.29 is 4.39 Å². The summed E-state index contributed by atoms with van der Waals surface area (Å²) < 4.78 is 12.6. The lowest BCUT2D eigenvalue weighted by atomic mass is 10.2. The monoisotopic (exact) mass is 248 g/mol. The first-order valence-electron chi connectivity index (χ1n) is 4.63. The first kappa shape index (κ1) is 11.3. The van der Waals surface area contributed by atoms with Crippen LogP contribution in [0.5, 0.6) is 0 Å². The Balaban J connectivity index is 2.32. The van der Waals surface area contributed by atoms with Gasteiger partial charge in [-0.3, -0.25) is 0 Å². The van der Waals surface area contributed by atoms with E-state index in [9.17, 15) is 4.39 Å². The fourth-order valence-corrected chi connectivity index (χ4v) is 1.39. The Morgan fingerprint density at radius 2 is 2.00 bits per heavy atom. The summed E-state index contributed by atoms with van der Waals surface area (Å²) in [5.74, 6) is -0.327. The number of hydrogen-bond acceptors (Lipinski definition) is 4. The Morgan fingerprint density at radius 1 is 1.29 bits per heavy atom. The Labute approximate surface area is 102 Å². The maximum Gasteiger partial charge on any atom is 0.227 e. The first-order valence-corrected chi connectivity index (χ1v) is 5.01. The highest BCUT2D eigenvalue weighted by atomic mass is 35.5. The number of rotatable bonds is 2. The summed E-state index contributed by atoms with van der Waals surface area (Å²) in [6.45, 7) is 0. The van der Waals surface area contributed by atoms with Gasteiger partial charge in [-0.05, 0) is 18.2 Å². The molecule has 0 fully saturated rings. The van der Waals surface area contributed by atoms with Crippen LogP contribution in [0.3, 0.4) is 0 Å². The van der Waals surface area contributed by atoms with E-state index in [1.807, 2.05) is 6.07 Å². The van der Waals surface area contributed by atoms with Gasteiger partial charge in [0.25, 0.3) is 0 Å². The summed E-state index contributed by atoms with van der Waals surface area (Å²) in [4.78, 5) is 7.46. The molecule has 0 radical (unpaired) electrons. The zero-order valence-electron chi connectivity index (χ0n) is 8.48. The van der Waals surface area contributed by atoms with Gasteiger partial charge in [-0.1, -0.05) is 11.6 Å². The molecule has 1 heterocycles. The lowest BCUT2D eigenvalue weighted by Gasteiger charge is -2.06. The van der Waals surface area contributed by atoms with Gasteiger partial charge in [-0.15, -0.1) is 0 Å². The van der Waals surface area contributed by atoms with Crippen molar-refractivity contribution in [1.29, 1.82) is 5.26 Å².